The summed E-state index contributed by atoms with van der Waals surface area (Å²) in [6.07, 6.45) is -6.17. The number of anilines is 1. The molecule has 0 atom stereocenters. The van der Waals surface area contributed by atoms with Crippen molar-refractivity contribution >= 4 is 18.1 Å². The van der Waals surface area contributed by atoms with Crippen LogP contribution in [-0.4, -0.2) is 22.2 Å². The molecule has 2 aromatic rings. The van der Waals surface area contributed by atoms with E-state index in [0.29, 0.717) is 5.56 Å². The summed E-state index contributed by atoms with van der Waals surface area (Å²) in [7, 11) is 0. The highest BCUT2D eigenvalue weighted by Gasteiger charge is 2.41. The van der Waals surface area contributed by atoms with Crippen LogP contribution in [0.15, 0.2) is 34.7 Å². The number of nitrogens with one attached hydrogen (secondary N) is 1. The fourth-order valence-corrected chi connectivity index (χ4v) is 1.56. The van der Waals surface area contributed by atoms with Crippen LogP contribution in [0.4, 0.5) is 24.0 Å². The molecule has 7 nitrogen and oxygen atoms in total. The Morgan fingerprint density at radius 3 is 2.43 bits per heavy atom. The van der Waals surface area contributed by atoms with Gasteiger partial charge < -0.3 is 14.3 Å². The zero-order valence-electron chi connectivity index (χ0n) is 11.3. The number of oxazole rings is 1. The minimum Gasteiger partial charge on any atom is -0.475 e. The van der Waals surface area contributed by atoms with E-state index < -0.39 is 35.7 Å². The first kappa shape index (κ1) is 16.3. The summed E-state index contributed by atoms with van der Waals surface area (Å²) >= 11 is 0. The van der Waals surface area contributed by atoms with Crippen molar-refractivity contribution in [3.05, 3.63) is 47.3 Å². The van der Waals surface area contributed by atoms with Crippen LogP contribution in [0.3, 0.4) is 0 Å². The standard InChI is InChI=1S/C13H9F3N2O5/c14-13(15,16)9-8(10(19)20)23-11(17-9)18-12(21)22-6-7-4-2-1-3-5-7/h1-5H,6H2,(H,19,20)(H,17,18,21). The Morgan fingerprint density at radius 1 is 1.26 bits per heavy atom. The van der Waals surface area contributed by atoms with Gasteiger partial charge >= 0.3 is 24.3 Å². The predicted molar refractivity (Wildman–Crippen MR) is 68.7 cm³/mol. The van der Waals surface area contributed by atoms with Gasteiger partial charge in [0.2, 0.25) is 5.76 Å². The second-order valence-corrected chi connectivity index (χ2v) is 4.19. The normalized spacial score (nSPS) is 11.1. The van der Waals surface area contributed by atoms with Crippen LogP contribution in [0.2, 0.25) is 0 Å². The molecule has 2 rings (SSSR count). The lowest BCUT2D eigenvalue weighted by atomic mass is 10.2. The molecule has 0 saturated heterocycles. The topological polar surface area (TPSA) is 102 Å². The quantitative estimate of drug-likeness (QED) is 0.893. The molecular weight excluding hydrogens is 321 g/mol. The first-order valence-corrected chi connectivity index (χ1v) is 6.06. The highest BCUT2D eigenvalue weighted by molar-refractivity contribution is 5.87. The van der Waals surface area contributed by atoms with Gasteiger partial charge in [-0.15, -0.1) is 0 Å². The summed E-state index contributed by atoms with van der Waals surface area (Å²) in [5, 5.41) is 10.4. The molecule has 122 valence electrons. The van der Waals surface area contributed by atoms with Gasteiger partial charge in [0.25, 0.3) is 0 Å². The maximum Gasteiger partial charge on any atom is 0.437 e. The van der Waals surface area contributed by atoms with Gasteiger partial charge in [-0.3, -0.25) is 0 Å². The highest BCUT2D eigenvalue weighted by Crippen LogP contribution is 2.33. The number of benzene rings is 1. The second-order valence-electron chi connectivity index (χ2n) is 4.19. The SMILES string of the molecule is O=C(Nc1nc(C(F)(F)F)c(C(=O)O)o1)OCc1ccccc1. The van der Waals surface area contributed by atoms with E-state index in [1.54, 1.807) is 35.6 Å². The number of aromatic nitrogens is 1. The van der Waals surface area contributed by atoms with Gasteiger partial charge in [-0.1, -0.05) is 30.3 Å². The van der Waals surface area contributed by atoms with E-state index in [0.717, 1.165) is 0 Å². The Balaban J connectivity index is 2.05. The van der Waals surface area contributed by atoms with Crippen LogP contribution in [0.1, 0.15) is 21.8 Å². The summed E-state index contributed by atoms with van der Waals surface area (Å²) in [5.74, 6) is -3.38. The molecule has 1 amide bonds. The van der Waals surface area contributed by atoms with Gasteiger partial charge in [0.1, 0.15) is 6.61 Å². The third-order valence-electron chi connectivity index (χ3n) is 2.51. The number of amides is 1. The first-order valence-electron chi connectivity index (χ1n) is 6.06. The number of hydrogen-bond donors (Lipinski definition) is 2. The predicted octanol–water partition coefficient (Wildman–Crippen LogP) is 3.14. The minimum absolute atomic E-state index is 0.134. The van der Waals surface area contributed by atoms with Crippen molar-refractivity contribution in [3.63, 3.8) is 0 Å². The molecule has 0 bridgehead atoms. The van der Waals surface area contributed by atoms with Crippen molar-refractivity contribution in [2.24, 2.45) is 0 Å². The Labute approximate surface area is 126 Å². The molecule has 0 spiro atoms. The Kier molecular flexibility index (Phi) is 4.53. The molecule has 1 aromatic heterocycles. The van der Waals surface area contributed by atoms with E-state index in [1.807, 2.05) is 0 Å². The molecular formula is C13H9F3N2O5. The Hall–Kier alpha value is -3.04. The van der Waals surface area contributed by atoms with E-state index >= 15 is 0 Å². The molecule has 10 heteroatoms. The van der Waals surface area contributed by atoms with E-state index in [1.165, 1.54) is 0 Å². The van der Waals surface area contributed by atoms with Crippen molar-refractivity contribution in [1.82, 2.24) is 4.98 Å². The number of carboxylic acid groups (broad SMARTS) is 1. The van der Waals surface area contributed by atoms with Crippen molar-refractivity contribution in [1.29, 1.82) is 0 Å². The number of carboxylic acids is 1. The third kappa shape index (κ3) is 4.22. The number of halogens is 3. The second kappa shape index (κ2) is 6.38. The molecule has 0 saturated carbocycles. The van der Waals surface area contributed by atoms with Crippen LogP contribution in [0.25, 0.3) is 0 Å². The Morgan fingerprint density at radius 2 is 1.91 bits per heavy atom. The lowest BCUT2D eigenvalue weighted by Crippen LogP contribution is -2.14. The van der Waals surface area contributed by atoms with Crippen LogP contribution in [0.5, 0.6) is 0 Å². The smallest absolute Gasteiger partial charge is 0.437 e. The zero-order valence-corrected chi connectivity index (χ0v) is 11.3. The third-order valence-corrected chi connectivity index (χ3v) is 2.51. The van der Waals surface area contributed by atoms with Crippen molar-refractivity contribution in [2.75, 3.05) is 5.32 Å². The van der Waals surface area contributed by atoms with Gasteiger partial charge in [-0.25, -0.2) is 14.9 Å². The van der Waals surface area contributed by atoms with E-state index in [2.05, 4.69) is 9.40 Å². The number of hydrogen-bond acceptors (Lipinski definition) is 5. The first-order chi connectivity index (χ1) is 10.8. The van der Waals surface area contributed by atoms with E-state index in [4.69, 9.17) is 9.84 Å². The highest BCUT2D eigenvalue weighted by atomic mass is 19.4. The van der Waals surface area contributed by atoms with Crippen LogP contribution >= 0.6 is 0 Å². The number of ether oxygens (including phenoxy) is 1. The van der Waals surface area contributed by atoms with E-state index in [9.17, 15) is 22.8 Å². The number of carbonyl (C=O) groups is 2. The fourth-order valence-electron chi connectivity index (χ4n) is 1.56. The maximum absolute atomic E-state index is 12.6. The minimum atomic E-state index is -5.04. The molecule has 1 aromatic carbocycles. The number of alkyl halides is 3. The summed E-state index contributed by atoms with van der Waals surface area (Å²) in [6.45, 7) is -0.134. The molecule has 0 radical (unpaired) electrons. The van der Waals surface area contributed by atoms with Gasteiger partial charge in [0.05, 0.1) is 0 Å². The van der Waals surface area contributed by atoms with Crippen LogP contribution in [0, 0.1) is 0 Å². The van der Waals surface area contributed by atoms with Crippen LogP contribution < -0.4 is 5.32 Å². The number of rotatable bonds is 4. The maximum atomic E-state index is 12.6. The number of nitrogens with zero attached hydrogens (tertiary/aromatic N) is 1. The fraction of sp³-hybridized carbons (Fsp3) is 0.154. The van der Waals surface area contributed by atoms with Crippen LogP contribution in [-0.2, 0) is 17.5 Å². The van der Waals surface area contributed by atoms with Crippen molar-refractivity contribution < 1.29 is 37.0 Å². The molecule has 0 aliphatic rings. The molecule has 23 heavy (non-hydrogen) atoms. The zero-order chi connectivity index (χ0) is 17.0. The summed E-state index contributed by atoms with van der Waals surface area (Å²) in [4.78, 5) is 25.1. The van der Waals surface area contributed by atoms with Crippen molar-refractivity contribution in [3.8, 4) is 0 Å². The molecule has 1 heterocycles. The average molecular weight is 330 g/mol. The van der Waals surface area contributed by atoms with Gasteiger partial charge in [0.15, 0.2) is 5.69 Å². The lowest BCUT2D eigenvalue weighted by molar-refractivity contribution is -0.141. The Bertz CT molecular complexity index is 712. The molecule has 0 aliphatic carbocycles. The molecule has 0 fully saturated rings. The van der Waals surface area contributed by atoms with Gasteiger partial charge in [-0.05, 0) is 5.56 Å². The van der Waals surface area contributed by atoms with Gasteiger partial charge in [0, 0.05) is 0 Å². The molecule has 0 aliphatic heterocycles. The van der Waals surface area contributed by atoms with Crippen molar-refractivity contribution in [2.45, 2.75) is 12.8 Å². The summed E-state index contributed by atoms with van der Waals surface area (Å²) in [6, 6.07) is 7.58. The average Bonchev–Trinajstić information content (AvgIpc) is 2.90. The molecule has 0 unspecified atom stereocenters. The molecule has 2 N–H and O–H groups in total. The summed E-state index contributed by atoms with van der Waals surface area (Å²) < 4.78 is 46.9. The lowest BCUT2D eigenvalue weighted by Gasteiger charge is -2.04. The largest absolute Gasteiger partial charge is 0.475 e. The van der Waals surface area contributed by atoms with E-state index in [-0.39, 0.29) is 6.61 Å². The monoisotopic (exact) mass is 330 g/mol. The number of aromatic carboxylic acids is 1. The number of carbonyl (C=O) groups excluding carboxylic acids is 1. The van der Waals surface area contributed by atoms with Gasteiger partial charge in [-0.2, -0.15) is 18.2 Å². The summed E-state index contributed by atoms with van der Waals surface area (Å²) in [5.41, 5.74) is -1.10.